The Balaban J connectivity index is 0.000000271. The molecule has 1 heterocycles. The van der Waals surface area contributed by atoms with Crippen LogP contribution in [0, 0.1) is 0 Å². The van der Waals surface area contributed by atoms with Crippen LogP contribution in [0.2, 0.25) is 0 Å². The highest BCUT2D eigenvalue weighted by molar-refractivity contribution is 4.45. The maximum absolute atomic E-state index is 8.27. The van der Waals surface area contributed by atoms with Crippen molar-refractivity contribution < 1.29 is 9.84 Å². The molecule has 11 heavy (non-hydrogen) atoms. The fourth-order valence-corrected chi connectivity index (χ4v) is 0.431. The molecule has 4 nitrogen and oxygen atoms in total. The van der Waals surface area contributed by atoms with Gasteiger partial charge in [0.15, 0.2) is 0 Å². The van der Waals surface area contributed by atoms with E-state index in [0.29, 0.717) is 6.54 Å². The largest absolute Gasteiger partial charge is 0.395 e. The van der Waals surface area contributed by atoms with Crippen LogP contribution in [-0.2, 0) is 4.74 Å². The van der Waals surface area contributed by atoms with E-state index in [1.807, 2.05) is 0 Å². The summed E-state index contributed by atoms with van der Waals surface area (Å²) in [7, 11) is 0. The molecule has 0 aliphatic carbocycles. The van der Waals surface area contributed by atoms with E-state index < -0.39 is 0 Å². The number of nitrogens with two attached hydrogens (primary N) is 1. The molecule has 0 aromatic rings. The maximum atomic E-state index is 8.27. The van der Waals surface area contributed by atoms with E-state index in [1.54, 1.807) is 0 Å². The van der Waals surface area contributed by atoms with Crippen LogP contribution < -0.4 is 11.1 Å². The molecule has 4 heteroatoms. The van der Waals surface area contributed by atoms with Crippen molar-refractivity contribution in [2.45, 2.75) is 6.42 Å². The molecule has 1 saturated heterocycles. The Morgan fingerprint density at radius 1 is 1.36 bits per heavy atom. The summed E-state index contributed by atoms with van der Waals surface area (Å²) in [6, 6.07) is 0. The van der Waals surface area contributed by atoms with E-state index in [1.165, 1.54) is 0 Å². The lowest BCUT2D eigenvalue weighted by atomic mass is 10.4. The van der Waals surface area contributed by atoms with Gasteiger partial charge in [-0.05, 0) is 19.5 Å². The van der Waals surface area contributed by atoms with Gasteiger partial charge in [-0.15, -0.1) is 0 Å². The summed E-state index contributed by atoms with van der Waals surface area (Å²) in [5.74, 6) is 0. The van der Waals surface area contributed by atoms with Gasteiger partial charge in [0.2, 0.25) is 0 Å². The van der Waals surface area contributed by atoms with Crippen molar-refractivity contribution in [1.29, 1.82) is 0 Å². The van der Waals surface area contributed by atoms with Crippen molar-refractivity contribution in [3.63, 3.8) is 0 Å². The topological polar surface area (TPSA) is 70.8 Å². The lowest BCUT2D eigenvalue weighted by Gasteiger charge is -1.97. The second-order valence-electron chi connectivity index (χ2n) is 2.23. The third-order valence-electron chi connectivity index (χ3n) is 1.05. The third-order valence-corrected chi connectivity index (χ3v) is 1.05. The molecular formula is C7H18N2O2. The molecule has 1 aliphatic rings. The summed E-state index contributed by atoms with van der Waals surface area (Å²) in [5.41, 5.74) is 5.21. The Hall–Kier alpha value is -0.160. The molecule has 0 radical (unpaired) electrons. The molecule has 0 saturated carbocycles. The third kappa shape index (κ3) is 17.7. The van der Waals surface area contributed by atoms with Crippen LogP contribution in [0.3, 0.4) is 0 Å². The fourth-order valence-electron chi connectivity index (χ4n) is 0.431. The summed E-state index contributed by atoms with van der Waals surface area (Å²) in [6.07, 6.45) is 0.986. The number of aliphatic hydroxyl groups excluding tert-OH is 1. The number of epoxide rings is 1. The predicted molar refractivity (Wildman–Crippen MR) is 44.4 cm³/mol. The highest BCUT2D eigenvalue weighted by atomic mass is 16.6. The number of rotatable bonds is 5. The molecule has 0 spiro atoms. The van der Waals surface area contributed by atoms with Crippen LogP contribution in [0.25, 0.3) is 0 Å². The molecule has 0 aromatic carbocycles. The molecule has 0 amide bonds. The van der Waals surface area contributed by atoms with Crippen LogP contribution in [-0.4, -0.2) is 44.6 Å². The Bertz CT molecular complexity index is 60.7. The Morgan fingerprint density at radius 2 is 2.00 bits per heavy atom. The van der Waals surface area contributed by atoms with Crippen molar-refractivity contribution in [3.8, 4) is 0 Å². The SMILES string of the molecule is C1CO1.NCCCNCCO. The van der Waals surface area contributed by atoms with E-state index in [9.17, 15) is 0 Å². The van der Waals surface area contributed by atoms with E-state index in [4.69, 9.17) is 10.8 Å². The normalized spacial score (nSPS) is 13.6. The first-order valence-electron chi connectivity index (χ1n) is 4.01. The zero-order valence-electron chi connectivity index (χ0n) is 6.88. The number of hydrogen-bond donors (Lipinski definition) is 3. The second-order valence-corrected chi connectivity index (χ2v) is 2.23. The number of ether oxygens (including phenoxy) is 1. The summed E-state index contributed by atoms with van der Waals surface area (Å²) in [4.78, 5) is 0. The Kier molecular flexibility index (Phi) is 9.70. The van der Waals surface area contributed by atoms with Crippen molar-refractivity contribution in [3.05, 3.63) is 0 Å². The Labute approximate surface area is 67.7 Å². The molecule has 1 rings (SSSR count). The van der Waals surface area contributed by atoms with Gasteiger partial charge in [-0.3, -0.25) is 0 Å². The molecule has 1 fully saturated rings. The molecule has 68 valence electrons. The average Bonchev–Trinajstić information content (AvgIpc) is 2.84. The maximum Gasteiger partial charge on any atom is 0.0701 e. The van der Waals surface area contributed by atoms with E-state index in [0.717, 1.165) is 32.7 Å². The predicted octanol–water partition coefficient (Wildman–Crippen LogP) is -1.07. The quantitative estimate of drug-likeness (QED) is 0.356. The number of aliphatic hydroxyl groups is 1. The van der Waals surface area contributed by atoms with Crippen LogP contribution in [0.1, 0.15) is 6.42 Å². The molecular weight excluding hydrogens is 144 g/mol. The molecule has 1 aliphatic heterocycles. The first-order chi connectivity index (χ1) is 5.41. The summed E-state index contributed by atoms with van der Waals surface area (Å²) < 4.78 is 4.50. The average molecular weight is 162 g/mol. The van der Waals surface area contributed by atoms with Crippen LogP contribution in [0.5, 0.6) is 0 Å². The zero-order valence-corrected chi connectivity index (χ0v) is 6.88. The van der Waals surface area contributed by atoms with Crippen molar-refractivity contribution in [2.24, 2.45) is 5.73 Å². The first-order valence-corrected chi connectivity index (χ1v) is 4.01. The van der Waals surface area contributed by atoms with Gasteiger partial charge >= 0.3 is 0 Å². The highest BCUT2D eigenvalue weighted by Gasteiger charge is 1.94. The summed E-state index contributed by atoms with van der Waals surface area (Å²) >= 11 is 0. The van der Waals surface area contributed by atoms with E-state index in [-0.39, 0.29) is 6.61 Å². The van der Waals surface area contributed by atoms with E-state index in [2.05, 4.69) is 10.1 Å². The van der Waals surface area contributed by atoms with Gasteiger partial charge in [0.05, 0.1) is 19.8 Å². The minimum Gasteiger partial charge on any atom is -0.395 e. The van der Waals surface area contributed by atoms with Gasteiger partial charge in [-0.1, -0.05) is 0 Å². The second kappa shape index (κ2) is 9.84. The fraction of sp³-hybridized carbons (Fsp3) is 1.00. The number of nitrogens with one attached hydrogen (secondary N) is 1. The van der Waals surface area contributed by atoms with Gasteiger partial charge in [0, 0.05) is 6.54 Å². The van der Waals surface area contributed by atoms with Gasteiger partial charge in [0.1, 0.15) is 0 Å². The summed E-state index contributed by atoms with van der Waals surface area (Å²) in [5, 5.41) is 11.3. The highest BCUT2D eigenvalue weighted by Crippen LogP contribution is 1.84. The van der Waals surface area contributed by atoms with Gasteiger partial charge in [-0.25, -0.2) is 0 Å². The van der Waals surface area contributed by atoms with Crippen molar-refractivity contribution in [1.82, 2.24) is 5.32 Å². The first kappa shape index (κ1) is 10.8. The van der Waals surface area contributed by atoms with Gasteiger partial charge < -0.3 is 20.9 Å². The standard InChI is InChI=1S/C5H14N2O.C2H4O/c6-2-1-3-7-4-5-8;1-2-3-1/h7-8H,1-6H2;1-2H2. The van der Waals surface area contributed by atoms with Crippen LogP contribution in [0.4, 0.5) is 0 Å². The minimum absolute atomic E-state index is 0.213. The molecule has 4 N–H and O–H groups in total. The minimum atomic E-state index is 0.213. The molecule has 0 unspecified atom stereocenters. The monoisotopic (exact) mass is 162 g/mol. The Morgan fingerprint density at radius 3 is 2.36 bits per heavy atom. The lowest BCUT2D eigenvalue weighted by molar-refractivity contribution is 0.292. The van der Waals surface area contributed by atoms with Crippen LogP contribution in [0.15, 0.2) is 0 Å². The number of hydrogen-bond acceptors (Lipinski definition) is 4. The lowest BCUT2D eigenvalue weighted by Crippen LogP contribution is -2.21. The van der Waals surface area contributed by atoms with Crippen molar-refractivity contribution in [2.75, 3.05) is 39.5 Å². The van der Waals surface area contributed by atoms with Crippen molar-refractivity contribution >= 4 is 0 Å². The van der Waals surface area contributed by atoms with Gasteiger partial charge in [-0.2, -0.15) is 0 Å². The molecule has 0 bridgehead atoms. The van der Waals surface area contributed by atoms with Gasteiger partial charge in [0.25, 0.3) is 0 Å². The molecule has 0 atom stereocenters. The zero-order chi connectivity index (χ0) is 8.36. The smallest absolute Gasteiger partial charge is 0.0701 e. The summed E-state index contributed by atoms with van der Waals surface area (Å²) in [6.45, 7) is 4.53. The molecule has 0 aromatic heterocycles. The van der Waals surface area contributed by atoms with E-state index >= 15 is 0 Å². The van der Waals surface area contributed by atoms with Crippen LogP contribution >= 0.6 is 0 Å².